The Morgan fingerprint density at radius 3 is 2.33 bits per heavy atom. The number of rotatable bonds is 14. The first kappa shape index (κ1) is 29.9. The molecular weight excluding hydrogens is 575 g/mol. The quantitative estimate of drug-likeness (QED) is 0.0675. The summed E-state index contributed by atoms with van der Waals surface area (Å²) >= 11 is 2.35. The molecule has 0 radical (unpaired) electrons. The summed E-state index contributed by atoms with van der Waals surface area (Å²) in [5.74, 6) is -0.649. The molecule has 2 rings (SSSR count). The first-order chi connectivity index (χ1) is 17.3. The lowest BCUT2D eigenvalue weighted by Gasteiger charge is -2.23. The highest BCUT2D eigenvalue weighted by atomic mass is 127. The second kappa shape index (κ2) is 16.4. The number of allylic oxidation sites excluding steroid dienone is 2. The van der Waals surface area contributed by atoms with E-state index in [9.17, 15) is 14.4 Å². The zero-order chi connectivity index (χ0) is 26.3. The van der Waals surface area contributed by atoms with Crippen molar-refractivity contribution >= 4 is 40.5 Å². The first-order valence-electron chi connectivity index (χ1n) is 12.4. The van der Waals surface area contributed by atoms with Gasteiger partial charge in [-0.2, -0.15) is 0 Å². The van der Waals surface area contributed by atoms with E-state index in [1.165, 1.54) is 20.8 Å². The summed E-state index contributed by atoms with van der Waals surface area (Å²) in [6, 6.07) is 9.43. The number of esters is 3. The molecule has 0 bridgehead atoms. The average molecular weight is 613 g/mol. The maximum Gasteiger partial charge on any atom is 0.303 e. The number of unbranched alkanes of at least 4 members (excludes halogenated alkanes) is 1. The molecule has 1 aliphatic rings. The molecular formula is C28H37IO7. The molecule has 0 N–H and O–H groups in total. The topological polar surface area (TPSA) is 88.1 Å². The fourth-order valence-corrected chi connectivity index (χ4v) is 4.82. The third kappa shape index (κ3) is 11.1. The smallest absolute Gasteiger partial charge is 0.303 e. The van der Waals surface area contributed by atoms with Crippen molar-refractivity contribution in [2.75, 3.05) is 11.0 Å². The van der Waals surface area contributed by atoms with Gasteiger partial charge in [0, 0.05) is 45.4 Å². The summed E-state index contributed by atoms with van der Waals surface area (Å²) < 4.78 is 23.6. The van der Waals surface area contributed by atoms with E-state index in [-0.39, 0.29) is 35.8 Å². The van der Waals surface area contributed by atoms with Crippen molar-refractivity contribution in [3.63, 3.8) is 0 Å². The highest BCUT2D eigenvalue weighted by Gasteiger charge is 2.45. The van der Waals surface area contributed by atoms with E-state index in [1.54, 1.807) is 0 Å². The zero-order valence-corrected chi connectivity index (χ0v) is 23.4. The molecule has 1 aromatic carbocycles. The molecule has 1 fully saturated rings. The van der Waals surface area contributed by atoms with Crippen LogP contribution in [0.15, 0.2) is 54.6 Å². The van der Waals surface area contributed by atoms with E-state index >= 15 is 0 Å². The minimum absolute atomic E-state index is 0.0658. The van der Waals surface area contributed by atoms with Crippen LogP contribution in [0.2, 0.25) is 0 Å². The van der Waals surface area contributed by atoms with Crippen molar-refractivity contribution in [3.8, 4) is 5.75 Å². The van der Waals surface area contributed by atoms with Crippen molar-refractivity contribution < 1.29 is 33.3 Å². The van der Waals surface area contributed by atoms with Gasteiger partial charge >= 0.3 is 17.9 Å². The normalized spacial score (nSPS) is 22.4. The second-order valence-corrected chi connectivity index (χ2v) is 9.87. The average Bonchev–Trinajstić information content (AvgIpc) is 3.11. The molecule has 0 spiro atoms. The first-order valence-corrected chi connectivity index (χ1v) is 13.9. The van der Waals surface area contributed by atoms with Crippen molar-refractivity contribution in [2.45, 2.75) is 71.2 Å². The van der Waals surface area contributed by atoms with Crippen molar-refractivity contribution in [1.29, 1.82) is 0 Å². The maximum atomic E-state index is 11.8. The summed E-state index contributed by atoms with van der Waals surface area (Å²) in [5, 5.41) is 0. The van der Waals surface area contributed by atoms with Crippen LogP contribution in [0.3, 0.4) is 0 Å². The Morgan fingerprint density at radius 2 is 1.69 bits per heavy atom. The molecule has 0 heterocycles. The lowest BCUT2D eigenvalue weighted by atomic mass is 9.89. The van der Waals surface area contributed by atoms with Gasteiger partial charge in [0.25, 0.3) is 0 Å². The fraction of sp³-hybridized carbons (Fsp3) is 0.536. The van der Waals surface area contributed by atoms with E-state index in [4.69, 9.17) is 18.9 Å². The molecule has 5 unspecified atom stereocenters. The Hall–Kier alpha value is -2.36. The molecule has 1 aliphatic carbocycles. The Balaban J connectivity index is 2.18. The second-order valence-electron chi connectivity index (χ2n) is 8.79. The van der Waals surface area contributed by atoms with E-state index in [0.29, 0.717) is 25.9 Å². The third-order valence-electron chi connectivity index (χ3n) is 5.86. The van der Waals surface area contributed by atoms with Crippen molar-refractivity contribution in [3.05, 3.63) is 54.6 Å². The lowest BCUT2D eigenvalue weighted by molar-refractivity contribution is -0.149. The van der Waals surface area contributed by atoms with E-state index in [2.05, 4.69) is 34.7 Å². The minimum atomic E-state index is -0.503. The number of carbonyl (C=O) groups excluding carboxylic acids is 3. The van der Waals surface area contributed by atoms with Crippen LogP contribution in [0.25, 0.3) is 0 Å². The van der Waals surface area contributed by atoms with Crippen LogP contribution in [-0.2, 0) is 28.6 Å². The van der Waals surface area contributed by atoms with Crippen LogP contribution in [0.5, 0.6) is 5.75 Å². The molecule has 7 nitrogen and oxygen atoms in total. The molecule has 1 aromatic rings. The van der Waals surface area contributed by atoms with Crippen molar-refractivity contribution in [1.82, 2.24) is 0 Å². The van der Waals surface area contributed by atoms with Gasteiger partial charge in [0.15, 0.2) is 0 Å². The summed E-state index contributed by atoms with van der Waals surface area (Å²) in [4.78, 5) is 35.3. The van der Waals surface area contributed by atoms with Gasteiger partial charge in [0.1, 0.15) is 24.1 Å². The Morgan fingerprint density at radius 1 is 1.00 bits per heavy atom. The van der Waals surface area contributed by atoms with Crippen LogP contribution in [0, 0.1) is 11.8 Å². The molecule has 36 heavy (non-hydrogen) atoms. The molecule has 0 aliphatic heterocycles. The van der Waals surface area contributed by atoms with Crippen molar-refractivity contribution in [2.24, 2.45) is 11.8 Å². The number of benzene rings is 1. The highest BCUT2D eigenvalue weighted by Crippen LogP contribution is 2.40. The van der Waals surface area contributed by atoms with Crippen LogP contribution >= 0.6 is 22.6 Å². The molecule has 0 amide bonds. The molecule has 198 valence electrons. The number of para-hydroxylation sites is 1. The van der Waals surface area contributed by atoms with E-state index in [0.717, 1.165) is 23.0 Å². The van der Waals surface area contributed by atoms with Crippen LogP contribution in [0.1, 0.15) is 52.9 Å². The summed E-state index contributed by atoms with van der Waals surface area (Å²) in [6.45, 7) is 4.50. The monoisotopic (exact) mass is 612 g/mol. The van der Waals surface area contributed by atoms with E-state index < -0.39 is 12.2 Å². The largest absolute Gasteiger partial charge is 0.493 e. The molecule has 8 heteroatoms. The van der Waals surface area contributed by atoms with Gasteiger partial charge in [0.05, 0.1) is 6.61 Å². The SMILES string of the molecule is CC(=O)OC(C=CC1C(OC(C)=O)CC(OC(C)=O)C1CC=CCCCI)CCOc1ccccc1. The number of alkyl halides is 1. The standard InChI is InChI=1S/C28H37IO7/c1-20(30)34-24(16-18-33-23-11-7-6-8-12-23)14-15-26-25(13-9-4-5-10-17-29)27(35-21(2)31)19-28(26)36-22(3)32/h4,6-9,11-12,14-15,24-28H,5,10,13,16-19H2,1-3H3. The third-order valence-corrected chi connectivity index (χ3v) is 6.62. The highest BCUT2D eigenvalue weighted by molar-refractivity contribution is 14.1. The molecule has 0 aromatic heterocycles. The summed E-state index contributed by atoms with van der Waals surface area (Å²) in [5.41, 5.74) is 0. The molecule has 0 saturated heterocycles. The fourth-order valence-electron chi connectivity index (χ4n) is 4.38. The number of hydrogen-bond acceptors (Lipinski definition) is 7. The number of hydrogen-bond donors (Lipinski definition) is 0. The zero-order valence-electron chi connectivity index (χ0n) is 21.3. The minimum Gasteiger partial charge on any atom is -0.493 e. The number of carbonyl (C=O) groups is 3. The molecule has 1 saturated carbocycles. The van der Waals surface area contributed by atoms with Crippen LogP contribution in [0.4, 0.5) is 0 Å². The van der Waals surface area contributed by atoms with Gasteiger partial charge in [-0.3, -0.25) is 14.4 Å². The summed E-state index contributed by atoms with van der Waals surface area (Å²) in [7, 11) is 0. The maximum absolute atomic E-state index is 11.8. The van der Waals surface area contributed by atoms with Gasteiger partial charge in [-0.05, 0) is 41.9 Å². The predicted molar refractivity (Wildman–Crippen MR) is 146 cm³/mol. The van der Waals surface area contributed by atoms with E-state index in [1.807, 2.05) is 42.5 Å². The predicted octanol–water partition coefficient (Wildman–Crippen LogP) is 5.60. The van der Waals surface area contributed by atoms with Gasteiger partial charge in [-0.25, -0.2) is 0 Å². The van der Waals surface area contributed by atoms with Gasteiger partial charge in [0.2, 0.25) is 0 Å². The number of ether oxygens (including phenoxy) is 4. The van der Waals surface area contributed by atoms with Gasteiger partial charge in [-0.15, -0.1) is 0 Å². The Bertz CT molecular complexity index is 883. The molecule has 5 atom stereocenters. The van der Waals surface area contributed by atoms with Gasteiger partial charge in [-0.1, -0.05) is 59.0 Å². The Kier molecular flexibility index (Phi) is 13.6. The van der Waals surface area contributed by atoms with Crippen LogP contribution in [-0.4, -0.2) is 47.3 Å². The Labute approximate surface area is 227 Å². The van der Waals surface area contributed by atoms with Crippen LogP contribution < -0.4 is 4.74 Å². The lowest BCUT2D eigenvalue weighted by Crippen LogP contribution is -2.25. The van der Waals surface area contributed by atoms with Gasteiger partial charge < -0.3 is 18.9 Å². The summed E-state index contributed by atoms with van der Waals surface area (Å²) in [6.07, 6.45) is 10.4. The number of halogens is 1.